The maximum absolute atomic E-state index is 13.3. The monoisotopic (exact) mass is 519 g/mol. The summed E-state index contributed by atoms with van der Waals surface area (Å²) >= 11 is 6.86. The number of hydrogen-bond acceptors (Lipinski definition) is 4. The topological polar surface area (TPSA) is 71.4 Å². The molecule has 36 heavy (non-hydrogen) atoms. The second kappa shape index (κ2) is 10.0. The number of nitrogens with zero attached hydrogens (tertiary/aromatic N) is 2. The highest BCUT2D eigenvalue weighted by atomic mass is 35.5. The highest BCUT2D eigenvalue weighted by molar-refractivity contribution is 8.18. The number of rotatable bonds is 6. The van der Waals surface area contributed by atoms with E-state index in [2.05, 4.69) is 5.32 Å². The zero-order valence-electron chi connectivity index (χ0n) is 18.8. The molecular weight excluding hydrogens is 501 g/mol. The van der Waals surface area contributed by atoms with Gasteiger partial charge in [-0.2, -0.15) is 0 Å². The quantitative estimate of drug-likeness (QED) is 0.310. The van der Waals surface area contributed by atoms with Crippen LogP contribution in [0.4, 0.5) is 14.9 Å². The summed E-state index contributed by atoms with van der Waals surface area (Å²) in [5.41, 5.74) is 3.03. The van der Waals surface area contributed by atoms with Gasteiger partial charge in [0.1, 0.15) is 12.4 Å². The molecule has 0 bridgehead atoms. The van der Waals surface area contributed by atoms with Crippen molar-refractivity contribution >= 4 is 63.1 Å². The van der Waals surface area contributed by atoms with Crippen LogP contribution >= 0.6 is 23.4 Å². The number of benzene rings is 3. The molecule has 180 valence electrons. The Morgan fingerprint density at radius 2 is 1.72 bits per heavy atom. The van der Waals surface area contributed by atoms with Crippen LogP contribution in [0.5, 0.6) is 0 Å². The maximum atomic E-state index is 13.3. The summed E-state index contributed by atoms with van der Waals surface area (Å²) in [4.78, 5) is 39.2. The van der Waals surface area contributed by atoms with Gasteiger partial charge in [0.2, 0.25) is 5.91 Å². The fourth-order valence-electron chi connectivity index (χ4n) is 3.98. The zero-order chi connectivity index (χ0) is 25.2. The van der Waals surface area contributed by atoms with Gasteiger partial charge in [-0.15, -0.1) is 0 Å². The number of imide groups is 1. The zero-order valence-corrected chi connectivity index (χ0v) is 20.4. The van der Waals surface area contributed by atoms with Gasteiger partial charge in [-0.25, -0.2) is 4.39 Å². The van der Waals surface area contributed by atoms with E-state index in [1.54, 1.807) is 42.5 Å². The average Bonchev–Trinajstić information content (AvgIpc) is 3.34. The molecule has 9 heteroatoms. The summed E-state index contributed by atoms with van der Waals surface area (Å²) < 4.78 is 15.3. The number of anilines is 1. The maximum Gasteiger partial charge on any atom is 0.294 e. The van der Waals surface area contributed by atoms with Crippen LogP contribution < -0.4 is 5.32 Å². The van der Waals surface area contributed by atoms with Crippen LogP contribution in [-0.2, 0) is 16.1 Å². The van der Waals surface area contributed by atoms with Crippen LogP contribution in [0.2, 0.25) is 5.02 Å². The Kier molecular flexibility index (Phi) is 6.63. The first-order valence-corrected chi connectivity index (χ1v) is 12.2. The van der Waals surface area contributed by atoms with Crippen LogP contribution in [-0.4, -0.2) is 33.1 Å². The molecule has 0 spiro atoms. The SMILES string of the molecule is O=C(CN1C(=O)S/C(=C/c2cn(Cc3ccc(F)cc3)c3ccccc23)C1=O)Nc1ccccc1Cl. The Labute approximate surface area is 215 Å². The van der Waals surface area contributed by atoms with E-state index < -0.39 is 23.6 Å². The Hall–Kier alpha value is -3.88. The molecule has 1 saturated heterocycles. The summed E-state index contributed by atoms with van der Waals surface area (Å²) in [6.07, 6.45) is 3.56. The largest absolute Gasteiger partial charge is 0.342 e. The highest BCUT2D eigenvalue weighted by Crippen LogP contribution is 2.34. The lowest BCUT2D eigenvalue weighted by Crippen LogP contribution is -2.36. The number of carbonyl (C=O) groups excluding carboxylic acids is 3. The van der Waals surface area contributed by atoms with Gasteiger partial charge in [0.25, 0.3) is 11.1 Å². The van der Waals surface area contributed by atoms with Crippen molar-refractivity contribution in [1.82, 2.24) is 9.47 Å². The first-order chi connectivity index (χ1) is 17.4. The van der Waals surface area contributed by atoms with Gasteiger partial charge in [0.15, 0.2) is 0 Å². The number of aromatic nitrogens is 1. The van der Waals surface area contributed by atoms with Gasteiger partial charge >= 0.3 is 0 Å². The number of thioether (sulfide) groups is 1. The lowest BCUT2D eigenvalue weighted by molar-refractivity contribution is -0.127. The summed E-state index contributed by atoms with van der Waals surface area (Å²) in [7, 11) is 0. The minimum Gasteiger partial charge on any atom is -0.342 e. The van der Waals surface area contributed by atoms with Crippen molar-refractivity contribution in [3.05, 3.63) is 106 Å². The second-order valence-electron chi connectivity index (χ2n) is 8.15. The summed E-state index contributed by atoms with van der Waals surface area (Å²) in [6, 6.07) is 20.7. The molecule has 1 fully saturated rings. The number of hydrogen-bond donors (Lipinski definition) is 1. The lowest BCUT2D eigenvalue weighted by Gasteiger charge is -2.13. The molecule has 5 rings (SSSR count). The Morgan fingerprint density at radius 1 is 1.00 bits per heavy atom. The van der Waals surface area contributed by atoms with Gasteiger partial charge in [0, 0.05) is 29.2 Å². The molecule has 6 nitrogen and oxygen atoms in total. The molecule has 3 amide bonds. The molecule has 0 aliphatic carbocycles. The van der Waals surface area contributed by atoms with E-state index in [1.165, 1.54) is 12.1 Å². The van der Waals surface area contributed by atoms with Crippen LogP contribution in [0.3, 0.4) is 0 Å². The first-order valence-electron chi connectivity index (χ1n) is 11.0. The van der Waals surface area contributed by atoms with Crippen molar-refractivity contribution in [3.8, 4) is 0 Å². The van der Waals surface area contributed by atoms with Gasteiger partial charge in [0.05, 0.1) is 15.6 Å². The molecule has 4 aromatic rings. The number of para-hydroxylation sites is 2. The molecular formula is C27H19ClFN3O3S. The van der Waals surface area contributed by atoms with Gasteiger partial charge < -0.3 is 9.88 Å². The predicted molar refractivity (Wildman–Crippen MR) is 140 cm³/mol. The minimum absolute atomic E-state index is 0.232. The van der Waals surface area contributed by atoms with E-state index >= 15 is 0 Å². The molecule has 0 saturated carbocycles. The standard InChI is InChI=1S/C27H19ClFN3O3S/c28-21-6-2-3-7-22(21)30-25(33)16-32-26(34)24(36-27(32)35)13-18-15-31(23-8-4-1-5-20(18)23)14-17-9-11-19(29)12-10-17/h1-13,15H,14,16H2,(H,30,33)/b24-13+. The fourth-order valence-corrected chi connectivity index (χ4v) is 4.99. The molecule has 3 aromatic carbocycles. The molecule has 0 unspecified atom stereocenters. The van der Waals surface area contributed by atoms with E-state index in [0.717, 1.165) is 38.7 Å². The normalized spacial score (nSPS) is 14.7. The molecule has 1 aromatic heterocycles. The lowest BCUT2D eigenvalue weighted by atomic mass is 10.1. The van der Waals surface area contributed by atoms with Crippen molar-refractivity contribution in [1.29, 1.82) is 0 Å². The Morgan fingerprint density at radius 3 is 2.50 bits per heavy atom. The molecule has 2 heterocycles. The van der Waals surface area contributed by atoms with Crippen molar-refractivity contribution in [2.75, 3.05) is 11.9 Å². The van der Waals surface area contributed by atoms with Crippen molar-refractivity contribution < 1.29 is 18.8 Å². The molecule has 0 atom stereocenters. The molecule has 1 aliphatic heterocycles. The third-order valence-corrected chi connectivity index (χ3v) is 6.93. The van der Waals surface area contributed by atoms with E-state index in [0.29, 0.717) is 17.3 Å². The smallest absolute Gasteiger partial charge is 0.294 e. The second-order valence-corrected chi connectivity index (χ2v) is 9.55. The van der Waals surface area contributed by atoms with Crippen molar-refractivity contribution in [2.45, 2.75) is 6.54 Å². The number of carbonyl (C=O) groups is 3. The third kappa shape index (κ3) is 4.91. The Bertz CT molecular complexity index is 1530. The molecule has 0 radical (unpaired) electrons. The minimum atomic E-state index is -0.533. The van der Waals surface area contributed by atoms with E-state index in [4.69, 9.17) is 11.6 Å². The van der Waals surface area contributed by atoms with Crippen molar-refractivity contribution in [3.63, 3.8) is 0 Å². The summed E-state index contributed by atoms with van der Waals surface area (Å²) in [5.74, 6) is -1.36. The molecule has 1 aliphatic rings. The molecule has 1 N–H and O–H groups in total. The third-order valence-electron chi connectivity index (χ3n) is 5.70. The average molecular weight is 520 g/mol. The van der Waals surface area contributed by atoms with Gasteiger partial charge in [-0.1, -0.05) is 54.1 Å². The van der Waals surface area contributed by atoms with Crippen LogP contribution in [0.1, 0.15) is 11.1 Å². The number of fused-ring (bicyclic) bond motifs is 1. The number of amides is 3. The van der Waals surface area contributed by atoms with E-state index in [-0.39, 0.29) is 10.7 Å². The summed E-state index contributed by atoms with van der Waals surface area (Å²) in [6.45, 7) is 0.0951. The van der Waals surface area contributed by atoms with Gasteiger partial charge in [-0.3, -0.25) is 19.3 Å². The van der Waals surface area contributed by atoms with Crippen molar-refractivity contribution in [2.24, 2.45) is 0 Å². The number of halogens is 2. The number of nitrogens with one attached hydrogen (secondary N) is 1. The Balaban J connectivity index is 1.38. The highest BCUT2D eigenvalue weighted by Gasteiger charge is 2.36. The van der Waals surface area contributed by atoms with E-state index in [9.17, 15) is 18.8 Å². The first kappa shape index (κ1) is 23.8. The summed E-state index contributed by atoms with van der Waals surface area (Å²) in [5, 5.41) is 3.37. The van der Waals surface area contributed by atoms with E-state index in [1.807, 2.05) is 35.0 Å². The van der Waals surface area contributed by atoms with Crippen LogP contribution in [0, 0.1) is 5.82 Å². The fraction of sp³-hybridized carbons (Fsp3) is 0.0741. The van der Waals surface area contributed by atoms with Crippen LogP contribution in [0.25, 0.3) is 17.0 Å². The van der Waals surface area contributed by atoms with Crippen LogP contribution in [0.15, 0.2) is 83.9 Å². The predicted octanol–water partition coefficient (Wildman–Crippen LogP) is 6.16. The van der Waals surface area contributed by atoms with Gasteiger partial charge in [-0.05, 0) is 53.7 Å².